The second kappa shape index (κ2) is 6.48. The molecule has 0 aliphatic rings. The van der Waals surface area contributed by atoms with Gasteiger partial charge in [0, 0.05) is 18.0 Å². The third kappa shape index (κ3) is 3.64. The molecule has 0 saturated carbocycles. The van der Waals surface area contributed by atoms with Gasteiger partial charge >= 0.3 is 0 Å². The Morgan fingerprint density at radius 3 is 2.84 bits per heavy atom. The van der Waals surface area contributed by atoms with Crippen LogP contribution in [0.2, 0.25) is 0 Å². The fourth-order valence-corrected chi connectivity index (χ4v) is 2.00. The van der Waals surface area contributed by atoms with Gasteiger partial charge in [0.25, 0.3) is 0 Å². The van der Waals surface area contributed by atoms with Crippen LogP contribution >= 0.6 is 0 Å². The molecule has 0 spiro atoms. The van der Waals surface area contributed by atoms with Crippen LogP contribution in [0.1, 0.15) is 31.7 Å². The summed E-state index contributed by atoms with van der Waals surface area (Å²) >= 11 is 0. The molecule has 1 aromatic heterocycles. The van der Waals surface area contributed by atoms with E-state index in [0.717, 1.165) is 30.5 Å². The van der Waals surface area contributed by atoms with Crippen molar-refractivity contribution in [3.05, 3.63) is 35.7 Å². The summed E-state index contributed by atoms with van der Waals surface area (Å²) in [5, 5.41) is 7.48. The van der Waals surface area contributed by atoms with E-state index in [0.29, 0.717) is 17.8 Å². The Balaban J connectivity index is 2.05. The van der Waals surface area contributed by atoms with Crippen LogP contribution in [-0.2, 0) is 6.42 Å². The van der Waals surface area contributed by atoms with Gasteiger partial charge < -0.3 is 9.84 Å². The van der Waals surface area contributed by atoms with Crippen LogP contribution < -0.4 is 5.32 Å². The van der Waals surface area contributed by atoms with Gasteiger partial charge in [0.05, 0.1) is 0 Å². The summed E-state index contributed by atoms with van der Waals surface area (Å²) in [6, 6.07) is 8.42. The molecule has 4 nitrogen and oxygen atoms in total. The minimum Gasteiger partial charge on any atom is -0.339 e. The van der Waals surface area contributed by atoms with E-state index in [1.54, 1.807) is 0 Å². The third-order valence-corrected chi connectivity index (χ3v) is 3.08. The van der Waals surface area contributed by atoms with Crippen LogP contribution in [0.25, 0.3) is 11.4 Å². The fourth-order valence-electron chi connectivity index (χ4n) is 2.00. The molecule has 4 heteroatoms. The van der Waals surface area contributed by atoms with Gasteiger partial charge in [-0.3, -0.25) is 0 Å². The molecule has 1 aromatic carbocycles. The maximum absolute atomic E-state index is 5.32. The van der Waals surface area contributed by atoms with E-state index in [4.69, 9.17) is 4.52 Å². The molecule has 0 bridgehead atoms. The van der Waals surface area contributed by atoms with Crippen molar-refractivity contribution in [3.63, 3.8) is 0 Å². The number of aryl methyl sites for hydroxylation is 1. The number of hydrogen-bond donors (Lipinski definition) is 1. The first-order valence-electron chi connectivity index (χ1n) is 6.82. The number of nitrogens with zero attached hydrogens (tertiary/aromatic N) is 2. The molecule has 0 saturated heterocycles. The van der Waals surface area contributed by atoms with E-state index < -0.39 is 0 Å². The average Bonchev–Trinajstić information content (AvgIpc) is 2.85. The zero-order valence-corrected chi connectivity index (χ0v) is 11.8. The number of aromatic nitrogens is 2. The first-order chi connectivity index (χ1) is 9.20. The predicted octanol–water partition coefficient (Wildman–Crippen LogP) is 2.98. The first kappa shape index (κ1) is 13.7. The summed E-state index contributed by atoms with van der Waals surface area (Å²) in [6.07, 6.45) is 1.89. The minimum absolute atomic E-state index is 0.352. The number of nitrogens with one attached hydrogen (secondary N) is 1. The van der Waals surface area contributed by atoms with Gasteiger partial charge in [-0.2, -0.15) is 4.98 Å². The van der Waals surface area contributed by atoms with Crippen LogP contribution in [0.15, 0.2) is 28.8 Å². The lowest BCUT2D eigenvalue weighted by Gasteiger charge is -2.09. The van der Waals surface area contributed by atoms with Crippen molar-refractivity contribution >= 4 is 0 Å². The predicted molar refractivity (Wildman–Crippen MR) is 75.9 cm³/mol. The van der Waals surface area contributed by atoms with Crippen molar-refractivity contribution in [2.75, 3.05) is 6.54 Å². The van der Waals surface area contributed by atoms with Crippen molar-refractivity contribution in [2.45, 2.75) is 39.7 Å². The summed E-state index contributed by atoms with van der Waals surface area (Å²) in [6.45, 7) is 7.35. The lowest BCUT2D eigenvalue weighted by atomic mass is 10.1. The molecule has 1 atom stereocenters. The van der Waals surface area contributed by atoms with Crippen LogP contribution in [0, 0.1) is 6.92 Å². The van der Waals surface area contributed by atoms with E-state index in [1.807, 2.05) is 18.2 Å². The van der Waals surface area contributed by atoms with Gasteiger partial charge in [0.1, 0.15) is 0 Å². The highest BCUT2D eigenvalue weighted by molar-refractivity contribution is 5.58. The van der Waals surface area contributed by atoms with E-state index >= 15 is 0 Å². The Hall–Kier alpha value is -1.68. The molecule has 2 rings (SSSR count). The van der Waals surface area contributed by atoms with Crippen LogP contribution in [0.4, 0.5) is 0 Å². The number of benzene rings is 1. The van der Waals surface area contributed by atoms with E-state index in [2.05, 4.69) is 42.3 Å². The molecule has 0 aliphatic heterocycles. The van der Waals surface area contributed by atoms with E-state index in [1.165, 1.54) is 0 Å². The van der Waals surface area contributed by atoms with Gasteiger partial charge in [-0.15, -0.1) is 0 Å². The largest absolute Gasteiger partial charge is 0.339 e. The molecule has 0 fully saturated rings. The highest BCUT2D eigenvalue weighted by atomic mass is 16.5. The first-order valence-corrected chi connectivity index (χ1v) is 6.82. The quantitative estimate of drug-likeness (QED) is 0.866. The summed E-state index contributed by atoms with van der Waals surface area (Å²) in [5.41, 5.74) is 2.19. The second-order valence-corrected chi connectivity index (χ2v) is 4.89. The lowest BCUT2D eigenvalue weighted by molar-refractivity contribution is 0.362. The Bertz CT molecular complexity index is 522. The van der Waals surface area contributed by atoms with Crippen LogP contribution in [0.3, 0.4) is 0 Å². The maximum atomic E-state index is 5.32. The molecule has 19 heavy (non-hydrogen) atoms. The van der Waals surface area contributed by atoms with Gasteiger partial charge in [0.15, 0.2) is 0 Å². The molecule has 1 unspecified atom stereocenters. The van der Waals surface area contributed by atoms with Crippen molar-refractivity contribution in [1.82, 2.24) is 15.5 Å². The van der Waals surface area contributed by atoms with Gasteiger partial charge in [-0.1, -0.05) is 36.3 Å². The normalized spacial score (nSPS) is 12.6. The topological polar surface area (TPSA) is 51.0 Å². The molecule has 102 valence electrons. The zero-order valence-electron chi connectivity index (χ0n) is 11.8. The standard InChI is InChI=1S/C15H21N3O/c1-4-9-16-12(3)10-14-17-15(18-19-14)13-8-6-5-7-11(13)2/h5-8,12,16H,4,9-10H2,1-3H3. The molecule has 0 amide bonds. The molecule has 2 aromatic rings. The van der Waals surface area contributed by atoms with E-state index in [-0.39, 0.29) is 0 Å². The maximum Gasteiger partial charge on any atom is 0.228 e. The average molecular weight is 259 g/mol. The zero-order chi connectivity index (χ0) is 13.7. The summed E-state index contributed by atoms with van der Waals surface area (Å²) in [7, 11) is 0. The Morgan fingerprint density at radius 1 is 1.32 bits per heavy atom. The van der Waals surface area contributed by atoms with Crippen molar-refractivity contribution in [2.24, 2.45) is 0 Å². The molecular formula is C15H21N3O. The summed E-state index contributed by atoms with van der Waals surface area (Å²) in [5.74, 6) is 1.37. The molecule has 1 N–H and O–H groups in total. The smallest absolute Gasteiger partial charge is 0.228 e. The van der Waals surface area contributed by atoms with Crippen molar-refractivity contribution in [1.29, 1.82) is 0 Å². The summed E-state index contributed by atoms with van der Waals surface area (Å²) < 4.78 is 5.32. The highest BCUT2D eigenvalue weighted by Gasteiger charge is 2.12. The van der Waals surface area contributed by atoms with Gasteiger partial charge in [0.2, 0.25) is 11.7 Å². The molecule has 0 aliphatic carbocycles. The monoisotopic (exact) mass is 259 g/mol. The fraction of sp³-hybridized carbons (Fsp3) is 0.467. The second-order valence-electron chi connectivity index (χ2n) is 4.89. The highest BCUT2D eigenvalue weighted by Crippen LogP contribution is 2.20. The molecule has 0 radical (unpaired) electrons. The number of hydrogen-bond acceptors (Lipinski definition) is 4. The van der Waals surface area contributed by atoms with Gasteiger partial charge in [-0.05, 0) is 32.4 Å². The van der Waals surface area contributed by atoms with Crippen molar-refractivity contribution in [3.8, 4) is 11.4 Å². The summed E-state index contributed by atoms with van der Waals surface area (Å²) in [4.78, 5) is 4.47. The third-order valence-electron chi connectivity index (χ3n) is 3.08. The Morgan fingerprint density at radius 2 is 2.11 bits per heavy atom. The van der Waals surface area contributed by atoms with Crippen LogP contribution in [0.5, 0.6) is 0 Å². The molecular weight excluding hydrogens is 238 g/mol. The van der Waals surface area contributed by atoms with Crippen LogP contribution in [-0.4, -0.2) is 22.7 Å². The van der Waals surface area contributed by atoms with Crippen molar-refractivity contribution < 1.29 is 4.52 Å². The van der Waals surface area contributed by atoms with Gasteiger partial charge in [-0.25, -0.2) is 0 Å². The Kier molecular flexibility index (Phi) is 4.68. The lowest BCUT2D eigenvalue weighted by Crippen LogP contribution is -2.28. The Labute approximate surface area is 114 Å². The van der Waals surface area contributed by atoms with E-state index in [9.17, 15) is 0 Å². The SMILES string of the molecule is CCCNC(C)Cc1nc(-c2ccccc2C)no1. The molecule has 1 heterocycles. The minimum atomic E-state index is 0.352. The number of rotatable bonds is 6.